The van der Waals surface area contributed by atoms with Crippen LogP contribution in [0.25, 0.3) is 11.0 Å². The van der Waals surface area contributed by atoms with E-state index < -0.39 is 5.97 Å². The van der Waals surface area contributed by atoms with Gasteiger partial charge in [-0.1, -0.05) is 40.5 Å². The Balaban J connectivity index is 2.56. The zero-order valence-corrected chi connectivity index (χ0v) is 13.3. The number of carboxylic acids is 1. The highest BCUT2D eigenvalue weighted by atomic mass is 16.4. The molecule has 4 nitrogen and oxygen atoms in total. The monoisotopic (exact) mass is 288 g/mol. The van der Waals surface area contributed by atoms with Gasteiger partial charge in [-0.25, -0.2) is 9.78 Å². The van der Waals surface area contributed by atoms with Gasteiger partial charge in [0.25, 0.3) is 0 Å². The van der Waals surface area contributed by atoms with Crippen LogP contribution in [0.15, 0.2) is 18.2 Å². The third-order valence-electron chi connectivity index (χ3n) is 3.65. The summed E-state index contributed by atoms with van der Waals surface area (Å²) >= 11 is 0. The van der Waals surface area contributed by atoms with Gasteiger partial charge in [0.05, 0.1) is 16.6 Å². The minimum Gasteiger partial charge on any atom is -0.478 e. The smallest absolute Gasteiger partial charge is 0.335 e. The molecule has 0 bridgehead atoms. The van der Waals surface area contributed by atoms with Gasteiger partial charge in [0.1, 0.15) is 5.82 Å². The molecule has 1 aromatic carbocycles. The molecule has 114 valence electrons. The maximum Gasteiger partial charge on any atom is 0.335 e. The van der Waals surface area contributed by atoms with Gasteiger partial charge in [-0.15, -0.1) is 0 Å². The maximum absolute atomic E-state index is 11.2. The molecule has 0 fully saturated rings. The van der Waals surface area contributed by atoms with Crippen LogP contribution < -0.4 is 0 Å². The average molecular weight is 288 g/mol. The lowest BCUT2D eigenvalue weighted by Crippen LogP contribution is -2.19. The Hall–Kier alpha value is -1.84. The van der Waals surface area contributed by atoms with E-state index in [1.807, 2.05) is 6.07 Å². The van der Waals surface area contributed by atoms with E-state index in [9.17, 15) is 9.90 Å². The van der Waals surface area contributed by atoms with Gasteiger partial charge in [0.2, 0.25) is 0 Å². The van der Waals surface area contributed by atoms with Gasteiger partial charge in [-0.05, 0) is 24.6 Å². The van der Waals surface area contributed by atoms with Crippen LogP contribution in [0.2, 0.25) is 0 Å². The summed E-state index contributed by atoms with van der Waals surface area (Å²) in [5.74, 6) is 0.131. The van der Waals surface area contributed by atoms with Crippen LogP contribution in [-0.2, 0) is 12.0 Å². The van der Waals surface area contributed by atoms with Crippen molar-refractivity contribution in [1.82, 2.24) is 9.55 Å². The van der Waals surface area contributed by atoms with E-state index in [0.29, 0.717) is 5.56 Å². The Morgan fingerprint density at radius 2 is 2.00 bits per heavy atom. The molecule has 21 heavy (non-hydrogen) atoms. The molecular formula is C17H24N2O2. The number of fused-ring (bicyclic) bond motifs is 1. The van der Waals surface area contributed by atoms with Crippen molar-refractivity contribution in [3.63, 3.8) is 0 Å². The summed E-state index contributed by atoms with van der Waals surface area (Å²) in [5.41, 5.74) is 2.06. The van der Waals surface area contributed by atoms with Gasteiger partial charge >= 0.3 is 5.97 Å². The first-order chi connectivity index (χ1) is 9.84. The molecule has 4 heteroatoms. The summed E-state index contributed by atoms with van der Waals surface area (Å²) in [5, 5.41) is 9.19. The average Bonchev–Trinajstić information content (AvgIpc) is 2.77. The zero-order chi connectivity index (χ0) is 15.6. The molecule has 0 radical (unpaired) electrons. The van der Waals surface area contributed by atoms with Crippen molar-refractivity contribution in [2.45, 2.75) is 58.9 Å². The predicted molar refractivity (Wildman–Crippen MR) is 84.9 cm³/mol. The molecule has 1 heterocycles. The van der Waals surface area contributed by atoms with Gasteiger partial charge in [0.15, 0.2) is 0 Å². The quantitative estimate of drug-likeness (QED) is 0.838. The second-order valence-corrected chi connectivity index (χ2v) is 6.55. The number of carbonyl (C=O) groups is 1. The number of nitrogens with zero attached hydrogens (tertiary/aromatic N) is 2. The summed E-state index contributed by atoms with van der Waals surface area (Å²) in [6, 6.07) is 5.18. The number of unbranched alkanes of at least 4 members (excludes halogenated alkanes) is 2. The third-order valence-corrected chi connectivity index (χ3v) is 3.65. The van der Waals surface area contributed by atoms with Crippen LogP contribution in [0.3, 0.4) is 0 Å². The minimum atomic E-state index is -0.893. The number of aromatic nitrogens is 2. The van der Waals surface area contributed by atoms with Crippen molar-refractivity contribution in [3.05, 3.63) is 29.6 Å². The SMILES string of the molecule is CCCCCn1c(C(C)(C)C)nc2ccc(C(=O)O)cc21. The number of benzene rings is 1. The zero-order valence-electron chi connectivity index (χ0n) is 13.3. The summed E-state index contributed by atoms with van der Waals surface area (Å²) in [6.07, 6.45) is 3.42. The molecule has 0 aliphatic heterocycles. The second kappa shape index (κ2) is 5.88. The highest BCUT2D eigenvalue weighted by molar-refractivity contribution is 5.92. The lowest BCUT2D eigenvalue weighted by atomic mass is 9.95. The molecule has 0 spiro atoms. The van der Waals surface area contributed by atoms with Crippen molar-refractivity contribution < 1.29 is 9.90 Å². The highest BCUT2D eigenvalue weighted by Gasteiger charge is 2.23. The summed E-state index contributed by atoms with van der Waals surface area (Å²) in [6.45, 7) is 9.49. The van der Waals surface area contributed by atoms with E-state index in [4.69, 9.17) is 4.98 Å². The van der Waals surface area contributed by atoms with Crippen LogP contribution in [0.1, 0.15) is 63.1 Å². The Bertz CT molecular complexity index is 651. The summed E-state index contributed by atoms with van der Waals surface area (Å²) in [7, 11) is 0. The molecule has 0 unspecified atom stereocenters. The van der Waals surface area contributed by atoms with E-state index in [2.05, 4.69) is 32.3 Å². The topological polar surface area (TPSA) is 55.1 Å². The Kier molecular flexibility index (Phi) is 4.35. The number of rotatable bonds is 5. The second-order valence-electron chi connectivity index (χ2n) is 6.55. The van der Waals surface area contributed by atoms with Crippen LogP contribution in [0.5, 0.6) is 0 Å². The first-order valence-corrected chi connectivity index (χ1v) is 7.58. The Labute approximate surface area is 125 Å². The van der Waals surface area contributed by atoms with Crippen LogP contribution >= 0.6 is 0 Å². The number of carboxylic acid groups (broad SMARTS) is 1. The molecule has 2 aromatic rings. The normalized spacial score (nSPS) is 12.0. The van der Waals surface area contributed by atoms with Crippen LogP contribution in [-0.4, -0.2) is 20.6 Å². The fourth-order valence-electron chi connectivity index (χ4n) is 2.57. The summed E-state index contributed by atoms with van der Waals surface area (Å²) in [4.78, 5) is 15.9. The molecule has 0 amide bonds. The van der Waals surface area contributed by atoms with Crippen molar-refractivity contribution in [2.75, 3.05) is 0 Å². The fraction of sp³-hybridized carbons (Fsp3) is 0.529. The Morgan fingerprint density at radius 1 is 1.29 bits per heavy atom. The molecule has 0 atom stereocenters. The molecule has 2 rings (SSSR count). The minimum absolute atomic E-state index is 0.0609. The molecule has 0 saturated carbocycles. The van der Waals surface area contributed by atoms with Gasteiger partial charge in [-0.2, -0.15) is 0 Å². The van der Waals surface area contributed by atoms with Gasteiger partial charge in [0, 0.05) is 12.0 Å². The van der Waals surface area contributed by atoms with Crippen molar-refractivity contribution in [3.8, 4) is 0 Å². The lowest BCUT2D eigenvalue weighted by Gasteiger charge is -2.20. The van der Waals surface area contributed by atoms with E-state index in [-0.39, 0.29) is 5.41 Å². The van der Waals surface area contributed by atoms with Gasteiger partial charge in [-0.3, -0.25) is 0 Å². The Morgan fingerprint density at radius 3 is 2.57 bits per heavy atom. The standard InChI is InChI=1S/C17H24N2O2/c1-5-6-7-10-19-14-11-12(15(20)21)8-9-13(14)18-16(19)17(2,3)4/h8-9,11H,5-7,10H2,1-4H3,(H,20,21). The molecule has 0 aliphatic carbocycles. The van der Waals surface area contributed by atoms with Crippen molar-refractivity contribution in [1.29, 1.82) is 0 Å². The predicted octanol–water partition coefficient (Wildman–Crippen LogP) is 4.22. The number of aromatic carboxylic acids is 1. The lowest BCUT2D eigenvalue weighted by molar-refractivity contribution is 0.0697. The van der Waals surface area contributed by atoms with Gasteiger partial charge < -0.3 is 9.67 Å². The molecule has 1 aromatic heterocycles. The molecular weight excluding hydrogens is 264 g/mol. The van der Waals surface area contributed by atoms with Crippen LogP contribution in [0, 0.1) is 0 Å². The van der Waals surface area contributed by atoms with E-state index >= 15 is 0 Å². The largest absolute Gasteiger partial charge is 0.478 e. The summed E-state index contributed by atoms with van der Waals surface area (Å²) < 4.78 is 2.19. The first kappa shape index (κ1) is 15.5. The maximum atomic E-state index is 11.2. The van der Waals surface area contributed by atoms with Crippen molar-refractivity contribution >= 4 is 17.0 Å². The number of hydrogen-bond acceptors (Lipinski definition) is 2. The van der Waals surface area contributed by atoms with Crippen LogP contribution in [0.4, 0.5) is 0 Å². The molecule has 1 N–H and O–H groups in total. The van der Waals surface area contributed by atoms with E-state index in [0.717, 1.165) is 36.2 Å². The van der Waals surface area contributed by atoms with E-state index in [1.165, 1.54) is 6.42 Å². The molecule has 0 saturated heterocycles. The highest BCUT2D eigenvalue weighted by Crippen LogP contribution is 2.27. The third kappa shape index (κ3) is 3.26. The number of hydrogen-bond donors (Lipinski definition) is 1. The van der Waals surface area contributed by atoms with E-state index in [1.54, 1.807) is 12.1 Å². The number of imidazole rings is 1. The first-order valence-electron chi connectivity index (χ1n) is 7.58. The number of aryl methyl sites for hydroxylation is 1. The fourth-order valence-corrected chi connectivity index (χ4v) is 2.57. The molecule has 0 aliphatic rings. The van der Waals surface area contributed by atoms with Crippen molar-refractivity contribution in [2.24, 2.45) is 0 Å².